The highest BCUT2D eigenvalue weighted by atomic mass is 16.4. The van der Waals surface area contributed by atoms with Crippen LogP contribution >= 0.6 is 0 Å². The minimum atomic E-state index is -0.691. The molecule has 0 bridgehead atoms. The molecule has 0 aliphatic rings. The molecule has 5 heteroatoms. The second-order valence-electron chi connectivity index (χ2n) is 12.9. The average molecular weight is 596 g/mol. The molecule has 5 nitrogen and oxygen atoms in total. The van der Waals surface area contributed by atoms with Gasteiger partial charge in [-0.15, -0.1) is 0 Å². The Labute approximate surface area is 263 Å². The Hall–Kier alpha value is -0.650. The lowest BCUT2D eigenvalue weighted by Gasteiger charge is -2.06. The summed E-state index contributed by atoms with van der Waals surface area (Å²) in [5.74, 6) is -0.691. The third-order valence-electron chi connectivity index (χ3n) is 8.62. The van der Waals surface area contributed by atoms with Gasteiger partial charge in [0.2, 0.25) is 0 Å². The molecule has 4 N–H and O–H groups in total. The van der Waals surface area contributed by atoms with Gasteiger partial charge in [-0.1, -0.05) is 148 Å². The molecule has 0 fully saturated rings. The normalized spacial score (nSPS) is 11.5. The summed E-state index contributed by atoms with van der Waals surface area (Å²) in [4.78, 5) is 10.5. The second-order valence-corrected chi connectivity index (χ2v) is 12.9. The molecule has 0 rings (SSSR count). The van der Waals surface area contributed by atoms with Crippen LogP contribution in [0.4, 0.5) is 0 Å². The first kappa shape index (κ1) is 41.4. The lowest BCUT2D eigenvalue weighted by Crippen LogP contribution is -2.17. The quantitative estimate of drug-likeness (QED) is 0.0534. The Morgan fingerprint density at radius 1 is 0.357 bits per heavy atom. The number of carbonyl (C=O) groups is 1. The van der Waals surface area contributed by atoms with Crippen LogP contribution < -0.4 is 16.0 Å². The topological polar surface area (TPSA) is 73.4 Å². The van der Waals surface area contributed by atoms with Gasteiger partial charge >= 0.3 is 5.97 Å². The summed E-state index contributed by atoms with van der Waals surface area (Å²) in [6, 6.07) is 0. The maximum Gasteiger partial charge on any atom is 0.303 e. The summed E-state index contributed by atoms with van der Waals surface area (Å²) in [6.45, 7) is 9.02. The van der Waals surface area contributed by atoms with E-state index in [0.717, 1.165) is 19.5 Å². The van der Waals surface area contributed by atoms with Gasteiger partial charge in [-0.05, 0) is 77.8 Å². The number of carboxylic acid groups (broad SMARTS) is 1. The highest BCUT2D eigenvalue weighted by Gasteiger charge is 1.98. The van der Waals surface area contributed by atoms with Gasteiger partial charge < -0.3 is 21.1 Å². The number of hydrogen-bond donors (Lipinski definition) is 4. The van der Waals surface area contributed by atoms with Gasteiger partial charge in [-0.2, -0.15) is 0 Å². The fourth-order valence-electron chi connectivity index (χ4n) is 5.78. The van der Waals surface area contributed by atoms with Gasteiger partial charge in [-0.25, -0.2) is 0 Å². The molecule has 0 heterocycles. The SMILES string of the molecule is CCCCCNCCCCCCCCCCCCCCCNCCCCCCCCCCCCCNCCCC(=O)O. The first-order valence-electron chi connectivity index (χ1n) is 19.1. The van der Waals surface area contributed by atoms with E-state index in [2.05, 4.69) is 22.9 Å². The lowest BCUT2D eigenvalue weighted by molar-refractivity contribution is -0.137. The maximum absolute atomic E-state index is 10.5. The molecule has 0 aromatic rings. The van der Waals surface area contributed by atoms with Crippen LogP contribution in [0.3, 0.4) is 0 Å². The summed E-state index contributed by atoms with van der Waals surface area (Å²) in [5, 5.41) is 19.2. The number of rotatable bonds is 38. The molecule has 0 amide bonds. The molecule has 0 saturated heterocycles. The maximum atomic E-state index is 10.5. The molecule has 0 aliphatic carbocycles. The summed E-state index contributed by atoms with van der Waals surface area (Å²) >= 11 is 0. The van der Waals surface area contributed by atoms with Crippen LogP contribution in [-0.4, -0.2) is 50.3 Å². The number of carboxylic acids is 1. The van der Waals surface area contributed by atoms with Crippen molar-refractivity contribution in [3.8, 4) is 0 Å². The molecular formula is C37H77N3O2. The third-order valence-corrected chi connectivity index (χ3v) is 8.62. The van der Waals surface area contributed by atoms with Crippen molar-refractivity contribution in [2.75, 3.05) is 39.3 Å². The predicted molar refractivity (Wildman–Crippen MR) is 186 cm³/mol. The molecule has 0 radical (unpaired) electrons. The van der Waals surface area contributed by atoms with Gasteiger partial charge in [0, 0.05) is 6.42 Å². The van der Waals surface area contributed by atoms with E-state index in [1.54, 1.807) is 0 Å². The lowest BCUT2D eigenvalue weighted by atomic mass is 10.0. The van der Waals surface area contributed by atoms with Crippen LogP contribution in [0.5, 0.6) is 0 Å². The number of unbranched alkanes of at least 4 members (excludes halogenated alkanes) is 24. The standard InChI is InChI=1S/C37H77N3O2/c1-2-3-24-31-38-32-25-20-16-12-8-5-4-6-9-13-17-21-26-33-39-34-27-22-18-14-10-7-11-15-19-23-28-35-40-36-29-30-37(41)42/h38-40H,2-36H2,1H3,(H,41,42). The first-order valence-corrected chi connectivity index (χ1v) is 19.1. The molecule has 252 valence electrons. The fourth-order valence-corrected chi connectivity index (χ4v) is 5.78. The molecule has 0 aromatic heterocycles. The van der Waals surface area contributed by atoms with E-state index >= 15 is 0 Å². The van der Waals surface area contributed by atoms with E-state index in [-0.39, 0.29) is 6.42 Å². The van der Waals surface area contributed by atoms with Crippen molar-refractivity contribution >= 4 is 5.97 Å². The van der Waals surface area contributed by atoms with Crippen LogP contribution in [0.25, 0.3) is 0 Å². The van der Waals surface area contributed by atoms with Crippen LogP contribution in [0.15, 0.2) is 0 Å². The summed E-state index contributed by atoms with van der Waals surface area (Å²) < 4.78 is 0. The Morgan fingerprint density at radius 2 is 0.571 bits per heavy atom. The van der Waals surface area contributed by atoms with Crippen LogP contribution in [0.2, 0.25) is 0 Å². The zero-order chi connectivity index (χ0) is 30.4. The smallest absolute Gasteiger partial charge is 0.303 e. The molecule has 0 aromatic carbocycles. The molecular weight excluding hydrogens is 518 g/mol. The highest BCUT2D eigenvalue weighted by Crippen LogP contribution is 2.13. The minimum Gasteiger partial charge on any atom is -0.481 e. The zero-order valence-corrected chi connectivity index (χ0v) is 28.6. The Balaban J connectivity index is 3.03. The van der Waals surface area contributed by atoms with E-state index in [1.165, 1.54) is 200 Å². The van der Waals surface area contributed by atoms with Gasteiger partial charge in [0.25, 0.3) is 0 Å². The second kappa shape index (κ2) is 38.4. The van der Waals surface area contributed by atoms with Crippen LogP contribution in [0, 0.1) is 0 Å². The number of hydrogen-bond acceptors (Lipinski definition) is 4. The van der Waals surface area contributed by atoms with Crippen LogP contribution in [-0.2, 0) is 4.79 Å². The van der Waals surface area contributed by atoms with E-state index in [4.69, 9.17) is 5.11 Å². The Kier molecular flexibility index (Phi) is 37.8. The third kappa shape index (κ3) is 39.4. The summed E-state index contributed by atoms with van der Waals surface area (Å²) in [7, 11) is 0. The first-order chi connectivity index (χ1) is 20.8. The van der Waals surface area contributed by atoms with E-state index in [1.807, 2.05) is 0 Å². The monoisotopic (exact) mass is 596 g/mol. The summed E-state index contributed by atoms with van der Waals surface area (Å²) in [5.41, 5.74) is 0. The van der Waals surface area contributed by atoms with Gasteiger partial charge in [-0.3, -0.25) is 4.79 Å². The Bertz CT molecular complexity index is 503. The minimum absolute atomic E-state index is 0.280. The van der Waals surface area contributed by atoms with E-state index < -0.39 is 5.97 Å². The molecule has 0 saturated carbocycles. The van der Waals surface area contributed by atoms with E-state index in [9.17, 15) is 4.79 Å². The van der Waals surface area contributed by atoms with Crippen molar-refractivity contribution in [3.63, 3.8) is 0 Å². The van der Waals surface area contributed by atoms with Gasteiger partial charge in [0.1, 0.15) is 0 Å². The van der Waals surface area contributed by atoms with Gasteiger partial charge in [0.15, 0.2) is 0 Å². The van der Waals surface area contributed by atoms with Crippen molar-refractivity contribution < 1.29 is 9.90 Å². The fraction of sp³-hybridized carbons (Fsp3) is 0.973. The number of nitrogens with one attached hydrogen (secondary N) is 3. The average Bonchev–Trinajstić information content (AvgIpc) is 2.98. The van der Waals surface area contributed by atoms with Crippen molar-refractivity contribution in [1.29, 1.82) is 0 Å². The molecule has 0 spiro atoms. The van der Waals surface area contributed by atoms with Crippen LogP contribution in [0.1, 0.15) is 193 Å². The molecule has 0 atom stereocenters. The molecule has 0 aliphatic heterocycles. The van der Waals surface area contributed by atoms with Gasteiger partial charge in [0.05, 0.1) is 0 Å². The highest BCUT2D eigenvalue weighted by molar-refractivity contribution is 5.66. The summed E-state index contributed by atoms with van der Waals surface area (Å²) in [6.07, 6.45) is 38.7. The van der Waals surface area contributed by atoms with E-state index in [0.29, 0.717) is 0 Å². The largest absolute Gasteiger partial charge is 0.481 e. The molecule has 0 unspecified atom stereocenters. The zero-order valence-electron chi connectivity index (χ0n) is 28.6. The predicted octanol–water partition coefficient (Wildman–Crippen LogP) is 10.2. The van der Waals surface area contributed by atoms with Crippen molar-refractivity contribution in [2.45, 2.75) is 193 Å². The number of aliphatic carboxylic acids is 1. The Morgan fingerprint density at radius 3 is 0.810 bits per heavy atom. The van der Waals surface area contributed by atoms with Crippen molar-refractivity contribution in [3.05, 3.63) is 0 Å². The van der Waals surface area contributed by atoms with Crippen molar-refractivity contribution in [2.24, 2.45) is 0 Å². The van der Waals surface area contributed by atoms with Crippen molar-refractivity contribution in [1.82, 2.24) is 16.0 Å². The molecule has 42 heavy (non-hydrogen) atoms.